The van der Waals surface area contributed by atoms with Gasteiger partial charge in [-0.3, -0.25) is 4.79 Å². The van der Waals surface area contributed by atoms with Gasteiger partial charge in [-0.1, -0.05) is 12.1 Å². The molecule has 1 aromatic rings. The molecule has 25 heavy (non-hydrogen) atoms. The molecular formula is C20H26FNO3. The molecule has 2 aliphatic carbocycles. The number of halogens is 1. The lowest BCUT2D eigenvalue weighted by Gasteiger charge is -2.56. The van der Waals surface area contributed by atoms with Crippen molar-refractivity contribution in [1.29, 1.82) is 0 Å². The van der Waals surface area contributed by atoms with Gasteiger partial charge in [0, 0.05) is 31.5 Å². The van der Waals surface area contributed by atoms with E-state index >= 15 is 0 Å². The summed E-state index contributed by atoms with van der Waals surface area (Å²) in [5.41, 5.74) is 0.310. The van der Waals surface area contributed by atoms with Gasteiger partial charge in [0.1, 0.15) is 5.82 Å². The first-order valence-electron chi connectivity index (χ1n) is 9.37. The summed E-state index contributed by atoms with van der Waals surface area (Å²) >= 11 is 0. The van der Waals surface area contributed by atoms with Gasteiger partial charge in [-0.25, -0.2) is 4.39 Å². The highest BCUT2D eigenvalue weighted by Gasteiger charge is 2.58. The number of nitrogens with zero attached hydrogens (tertiary/aromatic N) is 1. The Hall–Kier alpha value is -1.46. The molecule has 1 N–H and O–H groups in total. The summed E-state index contributed by atoms with van der Waals surface area (Å²) in [6.07, 6.45) is 3.78. The molecule has 4 rings (SSSR count). The fourth-order valence-corrected chi connectivity index (χ4v) is 4.77. The minimum atomic E-state index is -0.449. The van der Waals surface area contributed by atoms with E-state index in [9.17, 15) is 14.3 Å². The van der Waals surface area contributed by atoms with Crippen LogP contribution in [0.5, 0.6) is 0 Å². The molecule has 1 aromatic carbocycles. The van der Waals surface area contributed by atoms with Gasteiger partial charge in [-0.2, -0.15) is 0 Å². The lowest BCUT2D eigenvalue weighted by Crippen LogP contribution is -2.63. The molecule has 4 nitrogen and oxygen atoms in total. The van der Waals surface area contributed by atoms with Crippen molar-refractivity contribution in [2.24, 2.45) is 5.41 Å². The summed E-state index contributed by atoms with van der Waals surface area (Å²) in [5.74, 6) is -0.108. The number of aliphatic hydroxyl groups is 1. The first-order chi connectivity index (χ1) is 12.0. The van der Waals surface area contributed by atoms with Crippen LogP contribution in [0.2, 0.25) is 0 Å². The molecule has 2 saturated carbocycles. The van der Waals surface area contributed by atoms with Crippen molar-refractivity contribution in [1.82, 2.24) is 4.90 Å². The van der Waals surface area contributed by atoms with Crippen LogP contribution in [0.4, 0.5) is 4.39 Å². The quantitative estimate of drug-likeness (QED) is 0.911. The number of benzene rings is 1. The van der Waals surface area contributed by atoms with Crippen LogP contribution in [0.1, 0.15) is 44.6 Å². The fraction of sp³-hybridized carbons (Fsp3) is 0.650. The van der Waals surface area contributed by atoms with Gasteiger partial charge in [-0.05, 0) is 50.3 Å². The van der Waals surface area contributed by atoms with Crippen molar-refractivity contribution in [3.05, 3.63) is 35.6 Å². The van der Waals surface area contributed by atoms with E-state index in [2.05, 4.69) is 0 Å². The smallest absolute Gasteiger partial charge is 0.233 e. The maximum Gasteiger partial charge on any atom is 0.233 e. The molecule has 2 unspecified atom stereocenters. The van der Waals surface area contributed by atoms with Gasteiger partial charge >= 0.3 is 0 Å². The van der Waals surface area contributed by atoms with Gasteiger partial charge in [-0.15, -0.1) is 0 Å². The molecule has 1 saturated heterocycles. The maximum absolute atomic E-state index is 13.2. The Labute approximate surface area is 148 Å². The lowest BCUT2D eigenvalue weighted by molar-refractivity contribution is -0.210. The Kier molecular flexibility index (Phi) is 4.12. The zero-order valence-electron chi connectivity index (χ0n) is 14.7. The van der Waals surface area contributed by atoms with Crippen LogP contribution in [0.15, 0.2) is 24.3 Å². The third kappa shape index (κ3) is 2.59. The Balaban J connectivity index is 1.44. The summed E-state index contributed by atoms with van der Waals surface area (Å²) < 4.78 is 19.0. The second kappa shape index (κ2) is 6.06. The van der Waals surface area contributed by atoms with E-state index < -0.39 is 5.41 Å². The molecular weight excluding hydrogens is 321 g/mol. The number of likely N-dealkylation sites (tertiary alicyclic amines) is 1. The van der Waals surface area contributed by atoms with Crippen molar-refractivity contribution < 1.29 is 19.0 Å². The molecule has 0 bridgehead atoms. The number of aliphatic hydroxyl groups excluding tert-OH is 1. The van der Waals surface area contributed by atoms with Crippen LogP contribution in [0.3, 0.4) is 0 Å². The molecule has 1 heterocycles. The van der Waals surface area contributed by atoms with Crippen LogP contribution in [0.25, 0.3) is 0 Å². The average Bonchev–Trinajstić information content (AvgIpc) is 3.43. The molecule has 1 spiro atoms. The highest BCUT2D eigenvalue weighted by atomic mass is 19.1. The van der Waals surface area contributed by atoms with E-state index in [4.69, 9.17) is 4.74 Å². The lowest BCUT2D eigenvalue weighted by atomic mass is 9.58. The average molecular weight is 347 g/mol. The predicted octanol–water partition coefficient (Wildman–Crippen LogP) is 2.64. The van der Waals surface area contributed by atoms with E-state index in [-0.39, 0.29) is 29.3 Å². The van der Waals surface area contributed by atoms with Crippen molar-refractivity contribution in [2.45, 2.75) is 56.7 Å². The molecule has 3 aliphatic rings. The molecule has 5 heteroatoms. The van der Waals surface area contributed by atoms with Gasteiger partial charge < -0.3 is 14.7 Å². The number of amides is 1. The third-order valence-electron chi connectivity index (χ3n) is 6.65. The number of ether oxygens (including phenoxy) is 1. The molecule has 136 valence electrons. The minimum Gasteiger partial charge on any atom is -0.392 e. The Morgan fingerprint density at radius 1 is 1.24 bits per heavy atom. The van der Waals surface area contributed by atoms with Crippen molar-refractivity contribution >= 4 is 5.91 Å². The van der Waals surface area contributed by atoms with Gasteiger partial charge in [0.05, 0.1) is 17.6 Å². The fourth-order valence-electron chi connectivity index (χ4n) is 4.77. The largest absolute Gasteiger partial charge is 0.392 e. The van der Waals surface area contributed by atoms with Crippen LogP contribution in [0, 0.1) is 11.2 Å². The number of carbonyl (C=O) groups is 1. The van der Waals surface area contributed by atoms with E-state index in [0.29, 0.717) is 26.1 Å². The number of rotatable bonds is 4. The van der Waals surface area contributed by atoms with Gasteiger partial charge in [0.2, 0.25) is 5.91 Å². The Bertz CT molecular complexity index is 645. The number of hydrogen-bond acceptors (Lipinski definition) is 3. The van der Waals surface area contributed by atoms with E-state index in [1.807, 2.05) is 11.8 Å². The highest BCUT2D eigenvalue weighted by Crippen LogP contribution is 2.53. The van der Waals surface area contributed by atoms with Crippen molar-refractivity contribution in [2.75, 3.05) is 19.7 Å². The van der Waals surface area contributed by atoms with Crippen LogP contribution < -0.4 is 0 Å². The normalized spacial score (nSPS) is 29.3. The monoisotopic (exact) mass is 347 g/mol. The van der Waals surface area contributed by atoms with Crippen molar-refractivity contribution in [3.8, 4) is 0 Å². The SMILES string of the molecule is CCOC1CC(O)C12CCN(C(=O)C1(c3ccc(F)cc3)CC1)CC2. The summed E-state index contributed by atoms with van der Waals surface area (Å²) in [7, 11) is 0. The summed E-state index contributed by atoms with van der Waals surface area (Å²) in [6, 6.07) is 6.36. The van der Waals surface area contributed by atoms with E-state index in [1.165, 1.54) is 12.1 Å². The maximum atomic E-state index is 13.2. The Morgan fingerprint density at radius 3 is 2.40 bits per heavy atom. The molecule has 3 fully saturated rings. The molecule has 2 atom stereocenters. The topological polar surface area (TPSA) is 49.8 Å². The van der Waals surface area contributed by atoms with Crippen LogP contribution in [-0.2, 0) is 14.9 Å². The van der Waals surface area contributed by atoms with Crippen LogP contribution in [-0.4, -0.2) is 47.8 Å². The summed E-state index contributed by atoms with van der Waals surface area (Å²) in [4.78, 5) is 15.1. The summed E-state index contributed by atoms with van der Waals surface area (Å²) in [6.45, 7) is 3.98. The second-order valence-electron chi connectivity index (χ2n) is 7.81. The predicted molar refractivity (Wildman–Crippen MR) is 91.6 cm³/mol. The van der Waals surface area contributed by atoms with Gasteiger partial charge in [0.15, 0.2) is 0 Å². The van der Waals surface area contributed by atoms with Gasteiger partial charge in [0.25, 0.3) is 0 Å². The third-order valence-corrected chi connectivity index (χ3v) is 6.65. The summed E-state index contributed by atoms with van der Waals surface area (Å²) in [5, 5.41) is 10.3. The molecule has 1 amide bonds. The number of hydrogen-bond donors (Lipinski definition) is 1. The second-order valence-corrected chi connectivity index (χ2v) is 7.81. The first kappa shape index (κ1) is 17.0. The van der Waals surface area contributed by atoms with Crippen molar-refractivity contribution in [3.63, 3.8) is 0 Å². The Morgan fingerprint density at radius 2 is 1.88 bits per heavy atom. The first-order valence-corrected chi connectivity index (χ1v) is 9.37. The molecule has 1 aliphatic heterocycles. The highest BCUT2D eigenvalue weighted by molar-refractivity contribution is 5.91. The van der Waals surface area contributed by atoms with E-state index in [1.54, 1.807) is 12.1 Å². The minimum absolute atomic E-state index is 0.122. The molecule has 0 radical (unpaired) electrons. The number of piperidine rings is 1. The zero-order valence-corrected chi connectivity index (χ0v) is 14.7. The zero-order chi connectivity index (χ0) is 17.7. The number of carbonyl (C=O) groups excluding carboxylic acids is 1. The standard InChI is InChI=1S/C20H26FNO3/c1-2-25-17-13-16(23)20(17)9-11-22(12-10-20)18(24)19(7-8-19)14-3-5-15(21)6-4-14/h3-6,16-17,23H,2,7-13H2,1H3. The van der Waals surface area contributed by atoms with E-state index in [0.717, 1.165) is 31.2 Å². The molecule has 0 aromatic heterocycles. The van der Waals surface area contributed by atoms with Crippen LogP contribution >= 0.6 is 0 Å².